The lowest BCUT2D eigenvalue weighted by molar-refractivity contribution is -0.275. The number of nitrogens with zero attached hydrogens (tertiary/aromatic N) is 1. The zero-order valence-electron chi connectivity index (χ0n) is 15.2. The first kappa shape index (κ1) is 21.9. The fraction of sp³-hybridized carbons (Fsp3) is 0.100. The van der Waals surface area contributed by atoms with Crippen LogP contribution in [0.4, 0.5) is 26.3 Å². The van der Waals surface area contributed by atoms with Gasteiger partial charge in [-0.25, -0.2) is 4.79 Å². The molecule has 0 radical (unpaired) electrons. The molecule has 0 fully saturated rings. The third kappa shape index (κ3) is 5.87. The molecule has 0 saturated heterocycles. The Bertz CT molecular complexity index is 1080. The van der Waals surface area contributed by atoms with Gasteiger partial charge in [-0.3, -0.25) is 4.98 Å². The maximum atomic E-state index is 12.3. The minimum atomic E-state index is -4.86. The van der Waals surface area contributed by atoms with Crippen LogP contribution in [0.15, 0.2) is 60.8 Å². The molecule has 1 N–H and O–H groups in total. The molecule has 31 heavy (non-hydrogen) atoms. The van der Waals surface area contributed by atoms with Crippen LogP contribution in [0.1, 0.15) is 10.4 Å². The number of alkyl halides is 6. The number of hydrogen-bond acceptors (Lipinski definition) is 4. The van der Waals surface area contributed by atoms with Gasteiger partial charge in [0.15, 0.2) is 0 Å². The van der Waals surface area contributed by atoms with Crippen molar-refractivity contribution >= 4 is 5.97 Å². The monoisotopic (exact) mass is 443 g/mol. The molecule has 5 nitrogen and oxygen atoms in total. The second-order valence-corrected chi connectivity index (χ2v) is 6.06. The van der Waals surface area contributed by atoms with Gasteiger partial charge in [-0.1, -0.05) is 12.1 Å². The van der Waals surface area contributed by atoms with Crippen molar-refractivity contribution in [3.63, 3.8) is 0 Å². The van der Waals surface area contributed by atoms with E-state index in [9.17, 15) is 36.2 Å². The Kier molecular flexibility index (Phi) is 5.78. The quantitative estimate of drug-likeness (QED) is 0.497. The van der Waals surface area contributed by atoms with E-state index in [0.717, 1.165) is 24.3 Å². The Morgan fingerprint density at radius 2 is 1.23 bits per heavy atom. The van der Waals surface area contributed by atoms with Gasteiger partial charge >= 0.3 is 18.7 Å². The normalized spacial score (nSPS) is 11.8. The van der Waals surface area contributed by atoms with Crippen LogP contribution < -0.4 is 9.47 Å². The van der Waals surface area contributed by atoms with Crippen LogP contribution in [-0.2, 0) is 0 Å². The number of carboxylic acids is 1. The van der Waals surface area contributed by atoms with E-state index < -0.39 is 30.2 Å². The highest BCUT2D eigenvalue weighted by Crippen LogP contribution is 2.31. The molecule has 0 spiro atoms. The van der Waals surface area contributed by atoms with Crippen LogP contribution in [0.3, 0.4) is 0 Å². The van der Waals surface area contributed by atoms with Gasteiger partial charge in [0.25, 0.3) is 0 Å². The Balaban J connectivity index is 1.91. The fourth-order valence-electron chi connectivity index (χ4n) is 2.68. The second kappa shape index (κ2) is 8.17. The molecule has 0 atom stereocenters. The van der Waals surface area contributed by atoms with Gasteiger partial charge in [-0.15, -0.1) is 26.3 Å². The van der Waals surface area contributed by atoms with E-state index in [0.29, 0.717) is 5.56 Å². The molecule has 162 valence electrons. The summed E-state index contributed by atoms with van der Waals surface area (Å²) < 4.78 is 81.1. The smallest absolute Gasteiger partial charge is 0.478 e. The number of aromatic carboxylic acids is 1. The largest absolute Gasteiger partial charge is 0.573 e. The molecule has 11 heteroatoms. The maximum absolute atomic E-state index is 12.3. The Labute approximate surface area is 170 Å². The van der Waals surface area contributed by atoms with Crippen molar-refractivity contribution in [3.05, 3.63) is 66.4 Å². The van der Waals surface area contributed by atoms with Gasteiger partial charge < -0.3 is 14.6 Å². The van der Waals surface area contributed by atoms with Crippen LogP contribution in [0.5, 0.6) is 11.5 Å². The van der Waals surface area contributed by atoms with Crippen molar-refractivity contribution in [3.8, 4) is 33.9 Å². The van der Waals surface area contributed by atoms with Crippen LogP contribution in [0.25, 0.3) is 22.4 Å². The first-order chi connectivity index (χ1) is 14.4. The first-order valence-corrected chi connectivity index (χ1v) is 8.37. The Hall–Kier alpha value is -3.76. The molecule has 1 heterocycles. The molecule has 1 aromatic heterocycles. The summed E-state index contributed by atoms with van der Waals surface area (Å²) in [5, 5.41) is 9.53. The lowest BCUT2D eigenvalue weighted by Gasteiger charge is -2.12. The van der Waals surface area contributed by atoms with E-state index in [1.807, 2.05) is 0 Å². The van der Waals surface area contributed by atoms with E-state index in [2.05, 4.69) is 14.5 Å². The Morgan fingerprint density at radius 3 is 1.65 bits per heavy atom. The molecule has 3 rings (SSSR count). The van der Waals surface area contributed by atoms with Gasteiger partial charge in [0.2, 0.25) is 0 Å². The third-order valence-corrected chi connectivity index (χ3v) is 3.92. The second-order valence-electron chi connectivity index (χ2n) is 6.06. The molecule has 2 aromatic carbocycles. The molecule has 0 aliphatic heterocycles. The molecule has 0 aliphatic carbocycles. The lowest BCUT2D eigenvalue weighted by atomic mass is 9.99. The first-order valence-electron chi connectivity index (χ1n) is 8.37. The third-order valence-electron chi connectivity index (χ3n) is 3.92. The van der Waals surface area contributed by atoms with Crippen molar-refractivity contribution in [2.75, 3.05) is 0 Å². The van der Waals surface area contributed by atoms with Crippen LogP contribution in [0, 0.1) is 0 Å². The average Bonchev–Trinajstić information content (AvgIpc) is 2.66. The summed E-state index contributed by atoms with van der Waals surface area (Å²) in [4.78, 5) is 15.8. The molecule has 0 amide bonds. The summed E-state index contributed by atoms with van der Waals surface area (Å²) in [6.07, 6.45) is -8.51. The number of benzene rings is 2. The fourth-order valence-corrected chi connectivity index (χ4v) is 2.68. The van der Waals surface area contributed by atoms with Gasteiger partial charge in [-0.2, -0.15) is 0 Å². The number of rotatable bonds is 5. The van der Waals surface area contributed by atoms with Gasteiger partial charge in [0.1, 0.15) is 11.5 Å². The summed E-state index contributed by atoms with van der Waals surface area (Å²) >= 11 is 0. The SMILES string of the molecule is O=C(O)c1cc(-c2ccc(OC(F)(F)F)cc2)ncc1-c1ccc(OC(F)(F)F)cc1. The molecule has 0 aliphatic rings. The number of pyridine rings is 1. The minimum Gasteiger partial charge on any atom is -0.478 e. The van der Waals surface area contributed by atoms with E-state index in [-0.39, 0.29) is 22.4 Å². The molecular formula is C20H11F6NO4. The van der Waals surface area contributed by atoms with Crippen molar-refractivity contribution in [2.45, 2.75) is 12.7 Å². The predicted molar refractivity (Wildman–Crippen MR) is 95.4 cm³/mol. The van der Waals surface area contributed by atoms with E-state index in [4.69, 9.17) is 0 Å². The molecule has 0 bridgehead atoms. The van der Waals surface area contributed by atoms with E-state index >= 15 is 0 Å². The predicted octanol–water partition coefficient (Wildman–Crippen LogP) is 5.91. The number of aromatic nitrogens is 1. The van der Waals surface area contributed by atoms with Crippen molar-refractivity contribution in [2.24, 2.45) is 0 Å². The van der Waals surface area contributed by atoms with E-state index in [1.54, 1.807) is 0 Å². The summed E-state index contributed by atoms with van der Waals surface area (Å²) in [5.74, 6) is -2.25. The molecule has 3 aromatic rings. The van der Waals surface area contributed by atoms with Crippen molar-refractivity contribution in [1.82, 2.24) is 4.98 Å². The standard InChI is InChI=1S/C20H11F6NO4/c21-19(22,23)30-13-5-1-11(2-6-13)16-10-27-17(9-15(16)18(28)29)12-3-7-14(8-4-12)31-20(24,25)26/h1-10H,(H,28,29). The van der Waals surface area contributed by atoms with Crippen LogP contribution in [-0.4, -0.2) is 28.8 Å². The average molecular weight is 443 g/mol. The van der Waals surface area contributed by atoms with Crippen molar-refractivity contribution < 1.29 is 45.7 Å². The summed E-state index contributed by atoms with van der Waals surface area (Å²) in [5.41, 5.74) is 0.700. The number of carbonyl (C=O) groups is 1. The van der Waals surface area contributed by atoms with Crippen LogP contribution in [0.2, 0.25) is 0 Å². The lowest BCUT2D eigenvalue weighted by Crippen LogP contribution is -2.17. The molecule has 0 saturated carbocycles. The maximum Gasteiger partial charge on any atom is 0.573 e. The van der Waals surface area contributed by atoms with Gasteiger partial charge in [0, 0.05) is 17.3 Å². The summed E-state index contributed by atoms with van der Waals surface area (Å²) in [7, 11) is 0. The van der Waals surface area contributed by atoms with Crippen LogP contribution >= 0.6 is 0 Å². The summed E-state index contributed by atoms with van der Waals surface area (Å²) in [6, 6.07) is 10.4. The van der Waals surface area contributed by atoms with Crippen molar-refractivity contribution in [1.29, 1.82) is 0 Å². The van der Waals surface area contributed by atoms with Gasteiger partial charge in [0.05, 0.1) is 11.3 Å². The summed E-state index contributed by atoms with van der Waals surface area (Å²) in [6.45, 7) is 0. The Morgan fingerprint density at radius 1 is 0.774 bits per heavy atom. The highest BCUT2D eigenvalue weighted by atomic mass is 19.4. The van der Waals surface area contributed by atoms with E-state index in [1.165, 1.54) is 36.5 Å². The highest BCUT2D eigenvalue weighted by Gasteiger charge is 2.31. The number of hydrogen-bond donors (Lipinski definition) is 1. The van der Waals surface area contributed by atoms with Gasteiger partial charge in [-0.05, 0) is 48.0 Å². The number of ether oxygens (including phenoxy) is 2. The topological polar surface area (TPSA) is 68.7 Å². The molecule has 0 unspecified atom stereocenters. The highest BCUT2D eigenvalue weighted by molar-refractivity contribution is 5.97. The number of carboxylic acid groups (broad SMARTS) is 1. The minimum absolute atomic E-state index is 0.131. The zero-order valence-corrected chi connectivity index (χ0v) is 15.2. The molecular weight excluding hydrogens is 432 g/mol. The zero-order chi connectivity index (χ0) is 22.8. The number of halogens is 6.